The number of methoxy groups -OCH3 is 3. The van der Waals surface area contributed by atoms with Crippen LogP contribution in [0.25, 0.3) is 6.08 Å². The summed E-state index contributed by atoms with van der Waals surface area (Å²) in [7, 11) is 4.38. The third-order valence-corrected chi connectivity index (χ3v) is 4.79. The van der Waals surface area contributed by atoms with Gasteiger partial charge in [-0.05, 0) is 43.3 Å². The second-order valence-electron chi connectivity index (χ2n) is 6.85. The highest BCUT2D eigenvalue weighted by Crippen LogP contribution is 2.39. The number of benzene rings is 2. The first kappa shape index (κ1) is 21.0. The molecule has 164 valence electrons. The number of ether oxygens (including phenoxy) is 5. The van der Waals surface area contributed by atoms with Crippen LogP contribution >= 0.6 is 0 Å². The quantitative estimate of drug-likeness (QED) is 0.318. The van der Waals surface area contributed by atoms with Crippen molar-refractivity contribution in [3.05, 3.63) is 70.9 Å². The molecule has 0 atom stereocenters. The first-order chi connectivity index (χ1) is 15.4. The number of carbonyl (C=O) groups is 2. The SMILES string of the molecule is COc1cc(C(=O)Oc2ccc3c(c2)OC(=Cc2ccc(C)o2)C3=O)cc(OC)c1OC. The van der Waals surface area contributed by atoms with Crippen LogP contribution in [0.15, 0.2) is 52.6 Å². The maximum absolute atomic E-state index is 12.7. The van der Waals surface area contributed by atoms with Gasteiger partial charge in [0.2, 0.25) is 11.5 Å². The van der Waals surface area contributed by atoms with Crippen LogP contribution in [0.1, 0.15) is 32.2 Å². The highest BCUT2D eigenvalue weighted by Gasteiger charge is 2.28. The van der Waals surface area contributed by atoms with Crippen LogP contribution in [-0.4, -0.2) is 33.1 Å². The number of hydrogen-bond donors (Lipinski definition) is 0. The van der Waals surface area contributed by atoms with Gasteiger partial charge in [0.25, 0.3) is 0 Å². The fourth-order valence-corrected chi connectivity index (χ4v) is 3.26. The van der Waals surface area contributed by atoms with Gasteiger partial charge < -0.3 is 28.1 Å². The molecule has 8 nitrogen and oxygen atoms in total. The lowest BCUT2D eigenvalue weighted by atomic mass is 10.1. The average Bonchev–Trinajstić information content (AvgIpc) is 3.34. The third-order valence-electron chi connectivity index (χ3n) is 4.79. The molecule has 1 aliphatic heterocycles. The van der Waals surface area contributed by atoms with Gasteiger partial charge in [-0.25, -0.2) is 4.79 Å². The summed E-state index contributed by atoms with van der Waals surface area (Å²) < 4.78 is 32.4. The second-order valence-corrected chi connectivity index (χ2v) is 6.85. The van der Waals surface area contributed by atoms with E-state index >= 15 is 0 Å². The van der Waals surface area contributed by atoms with Crippen LogP contribution in [0, 0.1) is 6.92 Å². The van der Waals surface area contributed by atoms with E-state index in [4.69, 9.17) is 28.1 Å². The summed E-state index contributed by atoms with van der Waals surface area (Å²) in [6.45, 7) is 1.81. The van der Waals surface area contributed by atoms with Gasteiger partial charge in [0.15, 0.2) is 17.3 Å². The van der Waals surface area contributed by atoms with E-state index in [1.54, 1.807) is 18.2 Å². The first-order valence-corrected chi connectivity index (χ1v) is 9.60. The smallest absolute Gasteiger partial charge is 0.343 e. The normalized spacial score (nSPS) is 13.5. The minimum absolute atomic E-state index is 0.127. The van der Waals surface area contributed by atoms with Gasteiger partial charge in [-0.1, -0.05) is 0 Å². The highest BCUT2D eigenvalue weighted by molar-refractivity contribution is 6.14. The van der Waals surface area contributed by atoms with Gasteiger partial charge in [0.05, 0.1) is 32.5 Å². The Labute approximate surface area is 183 Å². The van der Waals surface area contributed by atoms with Crippen LogP contribution in [-0.2, 0) is 0 Å². The Bertz CT molecular complexity index is 1210. The van der Waals surface area contributed by atoms with Gasteiger partial charge >= 0.3 is 5.97 Å². The summed E-state index contributed by atoms with van der Waals surface area (Å²) in [5.74, 6) is 1.95. The zero-order valence-corrected chi connectivity index (χ0v) is 17.9. The number of Topliss-reactive ketones (excluding diaryl/α,β-unsaturated/α-hetero) is 1. The lowest BCUT2D eigenvalue weighted by Gasteiger charge is -2.13. The van der Waals surface area contributed by atoms with Crippen molar-refractivity contribution in [3.63, 3.8) is 0 Å². The Hall–Kier alpha value is -4.20. The van der Waals surface area contributed by atoms with Crippen molar-refractivity contribution in [3.8, 4) is 28.7 Å². The van der Waals surface area contributed by atoms with E-state index in [1.807, 2.05) is 6.92 Å². The van der Waals surface area contributed by atoms with Crippen molar-refractivity contribution < 1.29 is 37.7 Å². The molecule has 0 amide bonds. The van der Waals surface area contributed by atoms with E-state index in [0.29, 0.717) is 34.3 Å². The molecule has 0 saturated carbocycles. The van der Waals surface area contributed by atoms with E-state index < -0.39 is 5.97 Å². The molecule has 0 bridgehead atoms. The number of carbonyl (C=O) groups excluding carboxylic acids is 2. The number of hydrogen-bond acceptors (Lipinski definition) is 8. The van der Waals surface area contributed by atoms with Gasteiger partial charge in [-0.2, -0.15) is 0 Å². The number of allylic oxidation sites excluding steroid dienone is 1. The molecule has 0 spiro atoms. The lowest BCUT2D eigenvalue weighted by Crippen LogP contribution is -2.09. The summed E-state index contributed by atoms with van der Waals surface area (Å²) in [6.07, 6.45) is 1.52. The minimum Gasteiger partial charge on any atom is -0.493 e. The van der Waals surface area contributed by atoms with Crippen molar-refractivity contribution in [1.82, 2.24) is 0 Å². The maximum atomic E-state index is 12.7. The molecule has 2 heterocycles. The third kappa shape index (κ3) is 3.90. The number of rotatable bonds is 6. The van der Waals surface area contributed by atoms with Crippen molar-refractivity contribution in [2.45, 2.75) is 6.92 Å². The van der Waals surface area contributed by atoms with E-state index in [0.717, 1.165) is 5.76 Å². The monoisotopic (exact) mass is 436 g/mol. The molecule has 0 radical (unpaired) electrons. The van der Waals surface area contributed by atoms with Crippen LogP contribution < -0.4 is 23.7 Å². The molecular formula is C24H20O8. The summed E-state index contributed by atoms with van der Waals surface area (Å²) >= 11 is 0. The standard InChI is InChI=1S/C24H20O8/c1-13-5-6-15(30-13)12-19-22(25)17-8-7-16(11-18(17)32-19)31-24(26)14-9-20(27-2)23(29-4)21(10-14)28-3/h5-12H,1-4H3. The maximum Gasteiger partial charge on any atom is 0.343 e. The summed E-state index contributed by atoms with van der Waals surface area (Å²) in [6, 6.07) is 11.1. The van der Waals surface area contributed by atoms with Crippen LogP contribution in [0.5, 0.6) is 28.7 Å². The molecular weight excluding hydrogens is 416 g/mol. The number of esters is 1. The minimum atomic E-state index is -0.643. The van der Waals surface area contributed by atoms with Crippen molar-refractivity contribution in [2.24, 2.45) is 0 Å². The number of fused-ring (bicyclic) bond motifs is 1. The van der Waals surface area contributed by atoms with Crippen LogP contribution in [0.4, 0.5) is 0 Å². The van der Waals surface area contributed by atoms with Gasteiger partial charge in [-0.3, -0.25) is 4.79 Å². The van der Waals surface area contributed by atoms with Gasteiger partial charge in [0, 0.05) is 12.1 Å². The zero-order chi connectivity index (χ0) is 22.8. The van der Waals surface area contributed by atoms with Gasteiger partial charge in [-0.15, -0.1) is 0 Å². The summed E-state index contributed by atoms with van der Waals surface area (Å²) in [5.41, 5.74) is 0.567. The topological polar surface area (TPSA) is 93.4 Å². The summed E-state index contributed by atoms with van der Waals surface area (Å²) in [5, 5.41) is 0. The molecule has 0 unspecified atom stereocenters. The predicted octanol–water partition coefficient (Wildman–Crippen LogP) is 4.45. The average molecular weight is 436 g/mol. The zero-order valence-electron chi connectivity index (χ0n) is 17.9. The molecule has 4 rings (SSSR count). The van der Waals surface area contributed by atoms with E-state index in [2.05, 4.69) is 0 Å². The Balaban J connectivity index is 1.57. The highest BCUT2D eigenvalue weighted by atomic mass is 16.5. The van der Waals surface area contributed by atoms with E-state index in [-0.39, 0.29) is 22.9 Å². The first-order valence-electron chi connectivity index (χ1n) is 9.60. The molecule has 0 saturated heterocycles. The molecule has 32 heavy (non-hydrogen) atoms. The lowest BCUT2D eigenvalue weighted by molar-refractivity contribution is 0.0733. The fraction of sp³-hybridized carbons (Fsp3) is 0.167. The number of furan rings is 1. The molecule has 0 aliphatic carbocycles. The second kappa shape index (κ2) is 8.50. The van der Waals surface area contributed by atoms with Crippen LogP contribution in [0.2, 0.25) is 0 Å². The molecule has 3 aromatic rings. The van der Waals surface area contributed by atoms with E-state index in [9.17, 15) is 9.59 Å². The van der Waals surface area contributed by atoms with Crippen LogP contribution in [0.3, 0.4) is 0 Å². The Morgan fingerprint density at radius 1 is 0.938 bits per heavy atom. The van der Waals surface area contributed by atoms with E-state index in [1.165, 1.54) is 51.7 Å². The predicted molar refractivity (Wildman–Crippen MR) is 114 cm³/mol. The Morgan fingerprint density at radius 2 is 1.66 bits per heavy atom. The molecule has 8 heteroatoms. The molecule has 1 aliphatic rings. The molecule has 1 aromatic heterocycles. The number of aryl methyl sites for hydroxylation is 1. The van der Waals surface area contributed by atoms with Crippen molar-refractivity contribution >= 4 is 17.8 Å². The largest absolute Gasteiger partial charge is 0.493 e. The Morgan fingerprint density at radius 3 is 2.25 bits per heavy atom. The fourth-order valence-electron chi connectivity index (χ4n) is 3.26. The number of ketones is 1. The summed E-state index contributed by atoms with van der Waals surface area (Å²) in [4.78, 5) is 25.3. The molecule has 0 fully saturated rings. The Kier molecular flexibility index (Phi) is 5.59. The van der Waals surface area contributed by atoms with Gasteiger partial charge in [0.1, 0.15) is 23.0 Å². The molecule has 0 N–H and O–H groups in total. The van der Waals surface area contributed by atoms with Crippen molar-refractivity contribution in [1.29, 1.82) is 0 Å². The molecule has 2 aromatic carbocycles. The van der Waals surface area contributed by atoms with Crippen molar-refractivity contribution in [2.75, 3.05) is 21.3 Å².